The Kier molecular flexibility index (Phi) is 4.17. The topological polar surface area (TPSA) is 29.3 Å². The Labute approximate surface area is 113 Å². The molecule has 1 aliphatic carbocycles. The van der Waals surface area contributed by atoms with E-state index in [1.165, 1.54) is 31.7 Å². The molecule has 0 aliphatic heterocycles. The van der Waals surface area contributed by atoms with E-state index in [-0.39, 0.29) is 10.8 Å². The van der Waals surface area contributed by atoms with E-state index in [1.54, 1.807) is 6.07 Å². The summed E-state index contributed by atoms with van der Waals surface area (Å²) in [6, 6.07) is 4.99. The Morgan fingerprint density at radius 2 is 2.11 bits per heavy atom. The van der Waals surface area contributed by atoms with E-state index in [1.807, 2.05) is 13.1 Å². The Hall–Kier alpha value is -1.16. The van der Waals surface area contributed by atoms with Crippen molar-refractivity contribution in [1.29, 1.82) is 0 Å². The van der Waals surface area contributed by atoms with Crippen molar-refractivity contribution in [1.82, 2.24) is 0 Å². The molecule has 1 aliphatic rings. The number of hydrogen-bond acceptors (Lipinski definition) is 2. The molecule has 2 nitrogen and oxygen atoms in total. The van der Waals surface area contributed by atoms with Gasteiger partial charge in [-0.25, -0.2) is 4.39 Å². The first-order chi connectivity index (χ1) is 8.59. The molecule has 2 N–H and O–H groups in total. The number of rotatable bonds is 4. The lowest BCUT2D eigenvalue weighted by molar-refractivity contribution is 0.546. The van der Waals surface area contributed by atoms with Gasteiger partial charge in [-0.2, -0.15) is 0 Å². The number of halogens is 1. The second-order valence-corrected chi connectivity index (χ2v) is 5.47. The summed E-state index contributed by atoms with van der Waals surface area (Å²) >= 11 is 4.95. The fraction of sp³-hybridized carbons (Fsp3) is 0.500. The summed E-state index contributed by atoms with van der Waals surface area (Å²) in [5.74, 6) is 0.371. The van der Waals surface area contributed by atoms with Crippen LogP contribution in [0.5, 0.6) is 0 Å². The lowest BCUT2D eigenvalue weighted by atomic mass is 10.1. The molecule has 0 heterocycles. The van der Waals surface area contributed by atoms with E-state index >= 15 is 0 Å². The maximum atomic E-state index is 13.8. The average molecular weight is 266 g/mol. The van der Waals surface area contributed by atoms with Crippen LogP contribution in [0.3, 0.4) is 0 Å². The van der Waals surface area contributed by atoms with Gasteiger partial charge in [0.25, 0.3) is 0 Å². The summed E-state index contributed by atoms with van der Waals surface area (Å²) in [4.78, 5) is 2.20. The minimum absolute atomic E-state index is 0.126. The minimum Gasteiger partial charge on any atom is -0.389 e. The van der Waals surface area contributed by atoms with Gasteiger partial charge in [-0.05, 0) is 30.9 Å². The molecule has 0 atom stereocenters. The van der Waals surface area contributed by atoms with Crippen molar-refractivity contribution in [2.75, 3.05) is 18.5 Å². The van der Waals surface area contributed by atoms with Crippen LogP contribution in [-0.2, 0) is 0 Å². The van der Waals surface area contributed by atoms with Gasteiger partial charge in [0.2, 0.25) is 0 Å². The van der Waals surface area contributed by atoms with Crippen molar-refractivity contribution in [3.8, 4) is 0 Å². The van der Waals surface area contributed by atoms with Gasteiger partial charge >= 0.3 is 0 Å². The maximum Gasteiger partial charge on any atom is 0.135 e. The zero-order valence-electron chi connectivity index (χ0n) is 10.7. The first-order valence-corrected chi connectivity index (χ1v) is 6.80. The molecule has 18 heavy (non-hydrogen) atoms. The quantitative estimate of drug-likeness (QED) is 0.849. The highest BCUT2D eigenvalue weighted by atomic mass is 32.1. The number of benzene rings is 1. The molecule has 0 aromatic heterocycles. The van der Waals surface area contributed by atoms with Crippen LogP contribution < -0.4 is 10.6 Å². The van der Waals surface area contributed by atoms with Gasteiger partial charge in [-0.3, -0.25) is 0 Å². The standard InChI is InChI=1S/C14H19FN2S/c1-17(9-10-5-2-3-6-10)12-8-4-7-11(15)13(12)14(16)18/h4,7-8,10H,2-3,5-6,9H2,1H3,(H2,16,18). The lowest BCUT2D eigenvalue weighted by Crippen LogP contribution is -2.27. The van der Waals surface area contributed by atoms with Gasteiger partial charge in [-0.1, -0.05) is 31.1 Å². The zero-order valence-corrected chi connectivity index (χ0v) is 11.5. The highest BCUT2D eigenvalue weighted by molar-refractivity contribution is 7.80. The van der Waals surface area contributed by atoms with E-state index in [0.29, 0.717) is 11.5 Å². The molecule has 4 heteroatoms. The SMILES string of the molecule is CN(CC1CCCC1)c1cccc(F)c1C(N)=S. The molecule has 1 aromatic carbocycles. The Morgan fingerprint density at radius 1 is 1.44 bits per heavy atom. The van der Waals surface area contributed by atoms with Crippen molar-refractivity contribution in [3.63, 3.8) is 0 Å². The predicted molar refractivity (Wildman–Crippen MR) is 77.5 cm³/mol. The average Bonchev–Trinajstić information content (AvgIpc) is 2.80. The summed E-state index contributed by atoms with van der Waals surface area (Å²) in [7, 11) is 1.98. The van der Waals surface area contributed by atoms with Gasteiger partial charge in [-0.15, -0.1) is 0 Å². The van der Waals surface area contributed by atoms with Crippen LogP contribution in [0.2, 0.25) is 0 Å². The molecule has 0 radical (unpaired) electrons. The smallest absolute Gasteiger partial charge is 0.135 e. The van der Waals surface area contributed by atoms with Gasteiger partial charge < -0.3 is 10.6 Å². The van der Waals surface area contributed by atoms with Crippen molar-refractivity contribution >= 4 is 22.9 Å². The number of thiocarbonyl (C=S) groups is 1. The monoisotopic (exact) mass is 266 g/mol. The fourth-order valence-corrected chi connectivity index (χ4v) is 2.96. The summed E-state index contributed by atoms with van der Waals surface area (Å²) < 4.78 is 13.8. The lowest BCUT2D eigenvalue weighted by Gasteiger charge is -2.25. The molecule has 1 saturated carbocycles. The van der Waals surface area contributed by atoms with Crippen LogP contribution >= 0.6 is 12.2 Å². The van der Waals surface area contributed by atoms with Crippen LogP contribution in [-0.4, -0.2) is 18.6 Å². The van der Waals surface area contributed by atoms with Crippen LogP contribution in [0.25, 0.3) is 0 Å². The number of nitrogens with two attached hydrogens (primary N) is 1. The van der Waals surface area contributed by atoms with Crippen molar-refractivity contribution in [3.05, 3.63) is 29.6 Å². The van der Waals surface area contributed by atoms with Gasteiger partial charge in [0.05, 0.1) is 5.56 Å². The second kappa shape index (κ2) is 5.65. The third kappa shape index (κ3) is 2.80. The summed E-state index contributed by atoms with van der Waals surface area (Å²) in [5.41, 5.74) is 6.80. The molecule has 0 bridgehead atoms. The predicted octanol–water partition coefficient (Wildman–Crippen LogP) is 3.09. The van der Waals surface area contributed by atoms with Gasteiger partial charge in [0.1, 0.15) is 10.8 Å². The first-order valence-electron chi connectivity index (χ1n) is 6.39. The Bertz CT molecular complexity index is 441. The highest BCUT2D eigenvalue weighted by Gasteiger charge is 2.20. The second-order valence-electron chi connectivity index (χ2n) is 5.03. The molecule has 1 fully saturated rings. The third-order valence-corrected chi connectivity index (χ3v) is 3.86. The molecule has 0 saturated heterocycles. The number of anilines is 1. The van der Waals surface area contributed by atoms with Crippen molar-refractivity contribution < 1.29 is 4.39 Å². The van der Waals surface area contributed by atoms with Crippen LogP contribution in [0.4, 0.5) is 10.1 Å². The molecule has 1 aromatic rings. The minimum atomic E-state index is -0.335. The summed E-state index contributed by atoms with van der Waals surface area (Å²) in [6.45, 7) is 0.944. The van der Waals surface area contributed by atoms with E-state index in [4.69, 9.17) is 18.0 Å². The molecular weight excluding hydrogens is 247 g/mol. The molecule has 0 amide bonds. The Morgan fingerprint density at radius 3 is 2.72 bits per heavy atom. The van der Waals surface area contributed by atoms with Crippen molar-refractivity contribution in [2.45, 2.75) is 25.7 Å². The molecular formula is C14H19FN2S. The van der Waals surface area contributed by atoms with Crippen LogP contribution in [0, 0.1) is 11.7 Å². The van der Waals surface area contributed by atoms with E-state index in [9.17, 15) is 4.39 Å². The number of hydrogen-bond donors (Lipinski definition) is 1. The first kappa shape index (κ1) is 13.3. The summed E-state index contributed by atoms with van der Waals surface area (Å²) in [6.07, 6.45) is 5.15. The van der Waals surface area contributed by atoms with E-state index in [2.05, 4.69) is 4.90 Å². The largest absolute Gasteiger partial charge is 0.389 e. The fourth-order valence-electron chi connectivity index (χ4n) is 2.75. The van der Waals surface area contributed by atoms with Gasteiger partial charge in [0.15, 0.2) is 0 Å². The normalized spacial score (nSPS) is 15.9. The third-order valence-electron chi connectivity index (χ3n) is 3.66. The molecule has 0 unspecified atom stereocenters. The van der Waals surface area contributed by atoms with Crippen LogP contribution in [0.1, 0.15) is 31.2 Å². The van der Waals surface area contributed by atoms with E-state index < -0.39 is 0 Å². The molecule has 98 valence electrons. The maximum absolute atomic E-state index is 13.8. The Balaban J connectivity index is 2.20. The zero-order chi connectivity index (χ0) is 13.1. The molecule has 0 spiro atoms. The molecule has 2 rings (SSSR count). The van der Waals surface area contributed by atoms with Gasteiger partial charge in [0, 0.05) is 19.3 Å². The van der Waals surface area contributed by atoms with Crippen LogP contribution in [0.15, 0.2) is 18.2 Å². The summed E-state index contributed by atoms with van der Waals surface area (Å²) in [5, 5.41) is 0. The highest BCUT2D eigenvalue weighted by Crippen LogP contribution is 2.28. The van der Waals surface area contributed by atoms with Crippen molar-refractivity contribution in [2.24, 2.45) is 11.7 Å². The number of nitrogens with zero attached hydrogens (tertiary/aromatic N) is 1. The van der Waals surface area contributed by atoms with E-state index in [0.717, 1.165) is 12.2 Å².